The molecule has 0 aliphatic heterocycles. The quantitative estimate of drug-likeness (QED) is 0.893. The van der Waals surface area contributed by atoms with E-state index in [9.17, 15) is 9.18 Å². The van der Waals surface area contributed by atoms with Crippen LogP contribution in [0.15, 0.2) is 18.2 Å². The van der Waals surface area contributed by atoms with Gasteiger partial charge in [0.05, 0.1) is 11.6 Å². The standard InChI is InChI=1S/C13H16FN3O/c1-13(2,8-15)16-9-5-6-10(11(14)7-9)12(18)17(3)4/h5-7,16H,1-4H3. The molecule has 0 spiro atoms. The largest absolute Gasteiger partial charge is 0.368 e. The molecule has 0 aliphatic carbocycles. The summed E-state index contributed by atoms with van der Waals surface area (Å²) in [5, 5.41) is 11.8. The minimum absolute atomic E-state index is 0.0142. The van der Waals surface area contributed by atoms with Crippen LogP contribution in [-0.2, 0) is 0 Å². The predicted octanol–water partition coefficient (Wildman–Crippen LogP) is 2.24. The first-order chi connectivity index (χ1) is 8.26. The summed E-state index contributed by atoms with van der Waals surface area (Å²) in [6.07, 6.45) is 0. The Balaban J connectivity index is 3.01. The number of amides is 1. The molecule has 1 aromatic rings. The maximum Gasteiger partial charge on any atom is 0.256 e. The maximum atomic E-state index is 13.8. The average Bonchev–Trinajstić information content (AvgIpc) is 2.28. The molecule has 0 saturated heterocycles. The Morgan fingerprint density at radius 2 is 2.06 bits per heavy atom. The molecule has 18 heavy (non-hydrogen) atoms. The molecular weight excluding hydrogens is 233 g/mol. The molecule has 5 heteroatoms. The lowest BCUT2D eigenvalue weighted by Gasteiger charge is -2.19. The van der Waals surface area contributed by atoms with E-state index >= 15 is 0 Å². The minimum Gasteiger partial charge on any atom is -0.368 e. The summed E-state index contributed by atoms with van der Waals surface area (Å²) >= 11 is 0. The third-order valence-corrected chi connectivity index (χ3v) is 2.34. The SMILES string of the molecule is CN(C)C(=O)c1ccc(NC(C)(C)C#N)cc1F. The molecule has 0 atom stereocenters. The molecule has 4 nitrogen and oxygen atoms in total. The van der Waals surface area contributed by atoms with Crippen molar-refractivity contribution in [3.63, 3.8) is 0 Å². The average molecular weight is 249 g/mol. The number of nitriles is 1. The number of nitrogens with one attached hydrogen (secondary N) is 1. The van der Waals surface area contributed by atoms with Crippen molar-refractivity contribution in [3.05, 3.63) is 29.6 Å². The minimum atomic E-state index is -0.792. The number of rotatable bonds is 3. The molecule has 0 aliphatic rings. The Kier molecular flexibility index (Phi) is 3.92. The summed E-state index contributed by atoms with van der Waals surface area (Å²) in [6.45, 7) is 3.37. The number of hydrogen-bond donors (Lipinski definition) is 1. The number of carbonyl (C=O) groups excluding carboxylic acids is 1. The number of halogens is 1. The van der Waals surface area contributed by atoms with Crippen molar-refractivity contribution in [2.75, 3.05) is 19.4 Å². The number of hydrogen-bond acceptors (Lipinski definition) is 3. The van der Waals surface area contributed by atoms with E-state index < -0.39 is 17.3 Å². The van der Waals surface area contributed by atoms with Crippen molar-refractivity contribution < 1.29 is 9.18 Å². The van der Waals surface area contributed by atoms with Crippen molar-refractivity contribution >= 4 is 11.6 Å². The molecular formula is C13H16FN3O. The van der Waals surface area contributed by atoms with E-state index in [-0.39, 0.29) is 5.56 Å². The second-order valence-electron chi connectivity index (χ2n) is 4.76. The van der Waals surface area contributed by atoms with E-state index in [0.29, 0.717) is 5.69 Å². The summed E-state index contributed by atoms with van der Waals surface area (Å²) in [6, 6.07) is 6.27. The Morgan fingerprint density at radius 3 is 2.50 bits per heavy atom. The van der Waals surface area contributed by atoms with Crippen LogP contribution in [0.2, 0.25) is 0 Å². The number of anilines is 1. The molecule has 0 saturated carbocycles. The number of benzene rings is 1. The van der Waals surface area contributed by atoms with Crippen molar-refractivity contribution in [1.82, 2.24) is 4.90 Å². The van der Waals surface area contributed by atoms with Crippen LogP contribution in [0.4, 0.5) is 10.1 Å². The second kappa shape index (κ2) is 5.05. The van der Waals surface area contributed by atoms with Crippen LogP contribution in [0, 0.1) is 17.1 Å². The molecule has 0 bridgehead atoms. The van der Waals surface area contributed by atoms with Crippen molar-refractivity contribution in [2.24, 2.45) is 0 Å². The zero-order valence-corrected chi connectivity index (χ0v) is 10.9. The van der Waals surface area contributed by atoms with Gasteiger partial charge in [0.25, 0.3) is 5.91 Å². The van der Waals surface area contributed by atoms with Gasteiger partial charge in [-0.15, -0.1) is 0 Å². The van der Waals surface area contributed by atoms with Gasteiger partial charge in [-0.05, 0) is 32.0 Å². The van der Waals surface area contributed by atoms with Crippen LogP contribution in [0.3, 0.4) is 0 Å². The zero-order valence-electron chi connectivity index (χ0n) is 10.9. The summed E-state index contributed by atoms with van der Waals surface area (Å²) in [5.41, 5.74) is -0.311. The summed E-state index contributed by atoms with van der Waals surface area (Å²) in [7, 11) is 3.12. The molecule has 1 aromatic carbocycles. The van der Waals surface area contributed by atoms with Gasteiger partial charge in [0, 0.05) is 19.8 Å². The highest BCUT2D eigenvalue weighted by molar-refractivity contribution is 5.94. The Morgan fingerprint density at radius 1 is 1.44 bits per heavy atom. The van der Waals surface area contributed by atoms with Gasteiger partial charge in [-0.25, -0.2) is 4.39 Å². The van der Waals surface area contributed by atoms with E-state index in [2.05, 4.69) is 11.4 Å². The molecule has 1 rings (SSSR count). The van der Waals surface area contributed by atoms with Crippen LogP contribution in [0.1, 0.15) is 24.2 Å². The van der Waals surface area contributed by atoms with E-state index in [4.69, 9.17) is 5.26 Å². The van der Waals surface area contributed by atoms with Crippen molar-refractivity contribution in [1.29, 1.82) is 5.26 Å². The smallest absolute Gasteiger partial charge is 0.256 e. The zero-order chi connectivity index (χ0) is 13.9. The third kappa shape index (κ3) is 3.20. The van der Waals surface area contributed by atoms with Crippen molar-refractivity contribution in [3.8, 4) is 6.07 Å². The van der Waals surface area contributed by atoms with E-state index in [1.54, 1.807) is 34.0 Å². The van der Waals surface area contributed by atoms with Crippen LogP contribution in [0.25, 0.3) is 0 Å². The molecule has 0 radical (unpaired) electrons. The number of nitrogens with zero attached hydrogens (tertiary/aromatic N) is 2. The fraction of sp³-hybridized carbons (Fsp3) is 0.385. The molecule has 96 valence electrons. The Hall–Kier alpha value is -2.09. The number of carbonyl (C=O) groups is 1. The maximum absolute atomic E-state index is 13.8. The van der Waals surface area contributed by atoms with Crippen LogP contribution in [-0.4, -0.2) is 30.4 Å². The van der Waals surface area contributed by atoms with Gasteiger partial charge in [-0.2, -0.15) is 5.26 Å². The fourth-order valence-electron chi connectivity index (χ4n) is 1.40. The van der Waals surface area contributed by atoms with Gasteiger partial charge in [0.1, 0.15) is 11.4 Å². The van der Waals surface area contributed by atoms with Gasteiger partial charge in [0.15, 0.2) is 0 Å². The molecule has 0 fully saturated rings. The third-order valence-electron chi connectivity index (χ3n) is 2.34. The highest BCUT2D eigenvalue weighted by Crippen LogP contribution is 2.19. The highest BCUT2D eigenvalue weighted by atomic mass is 19.1. The highest BCUT2D eigenvalue weighted by Gasteiger charge is 2.18. The lowest BCUT2D eigenvalue weighted by molar-refractivity contribution is 0.0823. The van der Waals surface area contributed by atoms with Gasteiger partial charge in [-0.3, -0.25) is 4.79 Å². The van der Waals surface area contributed by atoms with Crippen LogP contribution in [0.5, 0.6) is 0 Å². The Labute approximate surface area is 106 Å². The Bertz CT molecular complexity index is 503. The van der Waals surface area contributed by atoms with Gasteiger partial charge >= 0.3 is 0 Å². The monoisotopic (exact) mass is 249 g/mol. The summed E-state index contributed by atoms with van der Waals surface area (Å²) in [4.78, 5) is 12.9. The first kappa shape index (κ1) is 14.0. The van der Waals surface area contributed by atoms with Gasteiger partial charge < -0.3 is 10.2 Å². The van der Waals surface area contributed by atoms with Crippen LogP contribution < -0.4 is 5.32 Å². The lowest BCUT2D eigenvalue weighted by Crippen LogP contribution is -2.28. The first-order valence-electron chi connectivity index (χ1n) is 5.47. The van der Waals surface area contributed by atoms with Crippen molar-refractivity contribution in [2.45, 2.75) is 19.4 Å². The lowest BCUT2D eigenvalue weighted by atomic mass is 10.1. The molecule has 0 heterocycles. The van der Waals surface area contributed by atoms with Crippen LogP contribution >= 0.6 is 0 Å². The normalized spacial score (nSPS) is 10.7. The van der Waals surface area contributed by atoms with Gasteiger partial charge in [0.2, 0.25) is 0 Å². The first-order valence-corrected chi connectivity index (χ1v) is 5.47. The fourth-order valence-corrected chi connectivity index (χ4v) is 1.40. The summed E-state index contributed by atoms with van der Waals surface area (Å²) in [5.74, 6) is -0.994. The summed E-state index contributed by atoms with van der Waals surface area (Å²) < 4.78 is 13.8. The van der Waals surface area contributed by atoms with E-state index in [1.807, 2.05) is 0 Å². The molecule has 1 N–H and O–H groups in total. The van der Waals surface area contributed by atoms with E-state index in [0.717, 1.165) is 0 Å². The van der Waals surface area contributed by atoms with Gasteiger partial charge in [-0.1, -0.05) is 0 Å². The topological polar surface area (TPSA) is 56.1 Å². The molecule has 1 amide bonds. The molecule has 0 aromatic heterocycles. The van der Waals surface area contributed by atoms with E-state index in [1.165, 1.54) is 17.0 Å². The molecule has 0 unspecified atom stereocenters. The predicted molar refractivity (Wildman–Crippen MR) is 67.7 cm³/mol. The second-order valence-corrected chi connectivity index (χ2v) is 4.76.